The zero-order valence-corrected chi connectivity index (χ0v) is 22.6. The second-order valence-corrected chi connectivity index (χ2v) is 9.86. The van der Waals surface area contributed by atoms with Crippen molar-refractivity contribution in [1.82, 2.24) is 10.6 Å². The monoisotopic (exact) mass is 610 g/mol. The summed E-state index contributed by atoms with van der Waals surface area (Å²) in [5.41, 5.74) is 3.55. The van der Waals surface area contributed by atoms with Gasteiger partial charge in [-0.05, 0) is 47.6 Å². The summed E-state index contributed by atoms with van der Waals surface area (Å²) >= 11 is 0. The summed E-state index contributed by atoms with van der Waals surface area (Å²) in [6, 6.07) is 20.1. The second kappa shape index (κ2) is 15.6. The van der Waals surface area contributed by atoms with Crippen LogP contribution in [0, 0.1) is 0 Å². The number of carbonyl (C=O) groups is 2. The van der Waals surface area contributed by atoms with Crippen molar-refractivity contribution >= 4 is 33.2 Å². The molecule has 0 atom stereocenters. The van der Waals surface area contributed by atoms with Crippen molar-refractivity contribution in [3.05, 3.63) is 142 Å². The Bertz CT molecular complexity index is 1140. The molecule has 4 rings (SSSR count). The first-order chi connectivity index (χ1) is 16.7. The quantitative estimate of drug-likeness (QED) is 0.214. The Kier molecular flexibility index (Phi) is 12.9. The minimum Gasteiger partial charge on any atom is -0.386 e. The van der Waals surface area contributed by atoms with Crippen molar-refractivity contribution in [1.29, 1.82) is 0 Å². The molecule has 2 radical (unpaired) electrons. The van der Waals surface area contributed by atoms with E-state index in [0.717, 1.165) is 20.9 Å². The fraction of sp³-hybridized carbons (Fsp3) is 0.0714. The molecule has 0 aliphatic heterocycles. The van der Waals surface area contributed by atoms with Crippen molar-refractivity contribution in [2.45, 2.75) is 13.1 Å². The Morgan fingerprint density at radius 1 is 0.583 bits per heavy atom. The number of rotatable bonds is 9. The first kappa shape index (κ1) is 29.8. The number of allylic oxidation sites excluding steroid dienone is 8. The van der Waals surface area contributed by atoms with Crippen LogP contribution in [0.3, 0.4) is 0 Å². The second-order valence-electron chi connectivity index (χ2n) is 7.59. The molecule has 2 aliphatic carbocycles. The zero-order valence-electron chi connectivity index (χ0n) is 19.0. The van der Waals surface area contributed by atoms with E-state index in [0.29, 0.717) is 24.2 Å². The van der Waals surface area contributed by atoms with Crippen LogP contribution in [0.15, 0.2) is 130 Å². The molecule has 0 amide bonds. The molecule has 2 aliphatic rings. The van der Waals surface area contributed by atoms with Crippen LogP contribution in [0.5, 0.6) is 0 Å². The molecule has 0 unspecified atom stereocenters. The number of nitrogens with one attached hydrogen (secondary N) is 2. The average Bonchev–Trinajstić information content (AvgIpc) is 2.87. The summed E-state index contributed by atoms with van der Waals surface area (Å²) in [6.07, 6.45) is 14.1. The van der Waals surface area contributed by atoms with Gasteiger partial charge in [0.05, 0.1) is 0 Å². The third-order valence-electron chi connectivity index (χ3n) is 5.01. The minimum atomic E-state index is -0.0213. The minimum absolute atomic E-state index is 0. The third-order valence-corrected chi connectivity index (χ3v) is 7.39. The van der Waals surface area contributed by atoms with Crippen molar-refractivity contribution in [2.24, 2.45) is 0 Å². The van der Waals surface area contributed by atoms with E-state index in [1.807, 2.05) is 85.0 Å². The Hall–Kier alpha value is -2.44. The van der Waals surface area contributed by atoms with E-state index in [9.17, 15) is 9.59 Å². The molecule has 2 aromatic rings. The van der Waals surface area contributed by atoms with Gasteiger partial charge in [0.2, 0.25) is 0 Å². The van der Waals surface area contributed by atoms with E-state index in [2.05, 4.69) is 10.6 Å². The van der Waals surface area contributed by atoms with Gasteiger partial charge in [0, 0.05) is 80.6 Å². The van der Waals surface area contributed by atoms with Crippen LogP contribution < -0.4 is 10.6 Å². The van der Waals surface area contributed by atoms with Crippen LogP contribution in [0.25, 0.3) is 0 Å². The van der Waals surface area contributed by atoms with Crippen molar-refractivity contribution in [3.63, 3.8) is 0 Å². The normalized spacial score (nSPS) is 16.7. The van der Waals surface area contributed by atoms with Gasteiger partial charge in [-0.25, -0.2) is 0 Å². The fourth-order valence-corrected chi connectivity index (χ4v) is 5.22. The summed E-state index contributed by atoms with van der Waals surface area (Å²) in [5.74, 6) is -0.0426. The number of ketones is 2. The molecule has 2 aromatic carbocycles. The summed E-state index contributed by atoms with van der Waals surface area (Å²) in [6.45, 7) is 1.32. The largest absolute Gasteiger partial charge is 0.386 e. The fourth-order valence-electron chi connectivity index (χ4n) is 3.23. The summed E-state index contributed by atoms with van der Waals surface area (Å²) in [7, 11) is 3.11. The molecule has 0 saturated heterocycles. The maximum absolute atomic E-state index is 12.2. The molecule has 36 heavy (non-hydrogen) atoms. The van der Waals surface area contributed by atoms with Gasteiger partial charge in [-0.3, -0.25) is 9.59 Å². The maximum atomic E-state index is 12.2. The van der Waals surface area contributed by atoms with Crippen LogP contribution in [0.4, 0.5) is 0 Å². The van der Waals surface area contributed by atoms with Crippen molar-refractivity contribution < 1.29 is 43.7 Å². The predicted octanol–water partition coefficient (Wildman–Crippen LogP) is 5.76. The molecule has 0 bridgehead atoms. The number of benzene rings is 2. The van der Waals surface area contributed by atoms with Crippen LogP contribution >= 0.6 is 21.6 Å². The van der Waals surface area contributed by atoms with Gasteiger partial charge >= 0.3 is 0 Å². The van der Waals surface area contributed by atoms with E-state index in [-0.39, 0.29) is 45.7 Å². The van der Waals surface area contributed by atoms with E-state index in [1.165, 1.54) is 0 Å². The van der Waals surface area contributed by atoms with Crippen LogP contribution in [-0.2, 0) is 56.8 Å². The van der Waals surface area contributed by atoms with E-state index >= 15 is 0 Å². The molecule has 0 fully saturated rings. The first-order valence-corrected chi connectivity index (χ1v) is 13.0. The van der Waals surface area contributed by atoms with Gasteiger partial charge in [-0.1, -0.05) is 82.3 Å². The van der Waals surface area contributed by atoms with E-state index in [4.69, 9.17) is 0 Å². The van der Waals surface area contributed by atoms with Gasteiger partial charge in [-0.15, -0.1) is 0 Å². The van der Waals surface area contributed by atoms with E-state index < -0.39 is 0 Å². The van der Waals surface area contributed by atoms with Crippen molar-refractivity contribution in [3.8, 4) is 0 Å². The van der Waals surface area contributed by atoms with Gasteiger partial charge in [-0.2, -0.15) is 0 Å². The number of carbonyl (C=O) groups excluding carboxylic acids is 2. The SMILES string of the molecule is O=C1C=CC(SSC2=CC(=CNCc3ccccc3)C(=O)C=C2)=CC1=CNCc1ccccc1.[Cu].[Cu]. The predicted molar refractivity (Wildman–Crippen MR) is 142 cm³/mol. The molecule has 192 valence electrons. The molecule has 0 aromatic heterocycles. The molecular formula is C28H24Cu2N2O2S2. The maximum Gasteiger partial charge on any atom is 0.187 e. The average molecular weight is 612 g/mol. The van der Waals surface area contributed by atoms with Gasteiger partial charge in [0.1, 0.15) is 0 Å². The zero-order chi connectivity index (χ0) is 23.6. The standard InChI is InChI=1S/C28H24N2O2S2.2Cu/c31-27-13-11-25(15-23(27)19-29-17-21-7-3-1-4-8-21)33-34-26-12-14-28(32)24(16-26)20-30-18-22-9-5-2-6-10-22;;/h1-16,19-20,29-30H,17-18H2;;. The van der Waals surface area contributed by atoms with Crippen LogP contribution in [0.2, 0.25) is 0 Å². The molecule has 8 heteroatoms. The van der Waals surface area contributed by atoms with Crippen molar-refractivity contribution in [2.75, 3.05) is 0 Å². The van der Waals surface area contributed by atoms with Gasteiger partial charge in [0.15, 0.2) is 11.6 Å². The third kappa shape index (κ3) is 9.21. The summed E-state index contributed by atoms with van der Waals surface area (Å²) in [5, 5.41) is 6.44. The Labute approximate surface area is 240 Å². The molecule has 4 nitrogen and oxygen atoms in total. The van der Waals surface area contributed by atoms with E-state index in [1.54, 1.807) is 46.1 Å². The molecule has 2 N–H and O–H groups in total. The Morgan fingerprint density at radius 2 is 0.972 bits per heavy atom. The van der Waals surface area contributed by atoms with Crippen LogP contribution in [-0.4, -0.2) is 11.6 Å². The van der Waals surface area contributed by atoms with Gasteiger partial charge in [0.25, 0.3) is 0 Å². The summed E-state index contributed by atoms with van der Waals surface area (Å²) < 4.78 is 0. The Balaban J connectivity index is 0.00000228. The number of hydrogen-bond acceptors (Lipinski definition) is 6. The van der Waals surface area contributed by atoms with Gasteiger partial charge < -0.3 is 10.6 Å². The molecule has 0 heterocycles. The summed E-state index contributed by atoms with van der Waals surface area (Å²) in [4.78, 5) is 26.4. The smallest absolute Gasteiger partial charge is 0.187 e. The molecule has 0 spiro atoms. The topological polar surface area (TPSA) is 58.2 Å². The first-order valence-electron chi connectivity index (χ1n) is 10.8. The van der Waals surface area contributed by atoms with Crippen LogP contribution in [0.1, 0.15) is 11.1 Å². The Morgan fingerprint density at radius 3 is 1.36 bits per heavy atom. The molecule has 0 saturated carbocycles. The number of hydrogen-bond donors (Lipinski definition) is 2. The molecular weight excluding hydrogens is 588 g/mol.